The molecule has 1 saturated heterocycles. The van der Waals surface area contributed by atoms with Crippen LogP contribution in [-0.2, 0) is 19.6 Å². The molecule has 2 aromatic rings. The Hall–Kier alpha value is -1.97. The maximum Gasteiger partial charge on any atom is 0.325 e. The smallest absolute Gasteiger partial charge is 0.325 e. The largest absolute Gasteiger partial charge is 0.480 e. The van der Waals surface area contributed by atoms with Crippen molar-refractivity contribution in [3.05, 3.63) is 30.2 Å². The van der Waals surface area contributed by atoms with Gasteiger partial charge in [0.25, 0.3) is 0 Å². The Labute approximate surface area is 131 Å². The first-order chi connectivity index (χ1) is 10.9. The highest BCUT2D eigenvalue weighted by molar-refractivity contribution is 7.89. The summed E-state index contributed by atoms with van der Waals surface area (Å²) in [5, 5.41) is 9.36. The van der Waals surface area contributed by atoms with Crippen LogP contribution >= 0.6 is 0 Å². The molecular formula is C14H15FN2O5S. The number of carbonyl (C=O) groups is 1. The van der Waals surface area contributed by atoms with E-state index >= 15 is 0 Å². The SMILES string of the molecule is O=C(O)C1(NS(=O)(=O)c2c[nH]c3cccc(F)c23)CCOCC1. The monoisotopic (exact) mass is 342 g/mol. The summed E-state index contributed by atoms with van der Waals surface area (Å²) < 4.78 is 46.6. The Balaban J connectivity index is 2.05. The summed E-state index contributed by atoms with van der Waals surface area (Å²) in [5.74, 6) is -1.97. The van der Waals surface area contributed by atoms with Crippen LogP contribution in [0, 0.1) is 5.82 Å². The van der Waals surface area contributed by atoms with Gasteiger partial charge in [-0.2, -0.15) is 4.72 Å². The number of halogens is 1. The van der Waals surface area contributed by atoms with Gasteiger partial charge in [-0.15, -0.1) is 0 Å². The molecule has 3 rings (SSSR count). The molecule has 0 aliphatic carbocycles. The van der Waals surface area contributed by atoms with Crippen molar-refractivity contribution in [3.8, 4) is 0 Å². The summed E-state index contributed by atoms with van der Waals surface area (Å²) >= 11 is 0. The van der Waals surface area contributed by atoms with Gasteiger partial charge in [0.2, 0.25) is 10.0 Å². The predicted octanol–water partition coefficient (Wildman–Crippen LogP) is 1.22. The molecule has 2 heterocycles. The Bertz CT molecular complexity index is 855. The van der Waals surface area contributed by atoms with Gasteiger partial charge in [-0.1, -0.05) is 6.07 Å². The summed E-state index contributed by atoms with van der Waals surface area (Å²) in [5.41, 5.74) is -1.33. The predicted molar refractivity (Wildman–Crippen MR) is 79.0 cm³/mol. The number of sulfonamides is 1. The average molecular weight is 342 g/mol. The molecule has 0 atom stereocenters. The molecule has 9 heteroatoms. The van der Waals surface area contributed by atoms with Crippen molar-refractivity contribution in [3.63, 3.8) is 0 Å². The second-order valence-electron chi connectivity index (χ2n) is 5.42. The van der Waals surface area contributed by atoms with E-state index < -0.39 is 27.3 Å². The van der Waals surface area contributed by atoms with Crippen molar-refractivity contribution < 1.29 is 27.4 Å². The second-order valence-corrected chi connectivity index (χ2v) is 7.07. The molecule has 1 aromatic heterocycles. The van der Waals surface area contributed by atoms with Crippen molar-refractivity contribution in [2.24, 2.45) is 0 Å². The number of carboxylic acids is 1. The number of rotatable bonds is 4. The van der Waals surface area contributed by atoms with Crippen LogP contribution in [0.5, 0.6) is 0 Å². The highest BCUT2D eigenvalue weighted by atomic mass is 32.2. The minimum Gasteiger partial charge on any atom is -0.480 e. The minimum atomic E-state index is -4.23. The number of hydrogen-bond donors (Lipinski definition) is 3. The van der Waals surface area contributed by atoms with Crippen molar-refractivity contribution in [2.45, 2.75) is 23.3 Å². The van der Waals surface area contributed by atoms with Crippen molar-refractivity contribution >= 4 is 26.9 Å². The van der Waals surface area contributed by atoms with E-state index in [4.69, 9.17) is 4.74 Å². The summed E-state index contributed by atoms with van der Waals surface area (Å²) in [7, 11) is -4.23. The summed E-state index contributed by atoms with van der Waals surface area (Å²) in [4.78, 5) is 14.0. The first kappa shape index (κ1) is 15.9. The van der Waals surface area contributed by atoms with E-state index in [1.807, 2.05) is 0 Å². The molecule has 0 unspecified atom stereocenters. The van der Waals surface area contributed by atoms with E-state index in [1.165, 1.54) is 6.07 Å². The molecule has 1 aliphatic heterocycles. The molecule has 0 saturated carbocycles. The molecule has 7 nitrogen and oxygen atoms in total. The standard InChI is InChI=1S/C14H15FN2O5S/c15-9-2-1-3-10-12(9)11(8-16-10)23(20,21)17-14(13(18)19)4-6-22-7-5-14/h1-3,8,16-17H,4-7H2,(H,18,19). The van der Waals surface area contributed by atoms with Crippen LogP contribution in [0.25, 0.3) is 10.9 Å². The first-order valence-corrected chi connectivity index (χ1v) is 8.45. The zero-order valence-electron chi connectivity index (χ0n) is 12.0. The Morgan fingerprint density at radius 2 is 2.04 bits per heavy atom. The Morgan fingerprint density at radius 3 is 2.70 bits per heavy atom. The number of carboxylic acid groups (broad SMARTS) is 1. The lowest BCUT2D eigenvalue weighted by molar-refractivity contribution is -0.147. The van der Waals surface area contributed by atoms with Crippen molar-refractivity contribution in [2.75, 3.05) is 13.2 Å². The normalized spacial score (nSPS) is 18.1. The number of ether oxygens (including phenoxy) is 1. The van der Waals surface area contributed by atoms with E-state index in [1.54, 1.807) is 6.07 Å². The average Bonchev–Trinajstić information content (AvgIpc) is 2.94. The molecular weight excluding hydrogens is 327 g/mol. The third kappa shape index (κ3) is 2.71. The molecule has 0 bridgehead atoms. The maximum atomic E-state index is 14.0. The summed E-state index contributed by atoms with van der Waals surface area (Å²) in [6.45, 7) is 0.272. The molecule has 1 aliphatic rings. The maximum absolute atomic E-state index is 14.0. The second kappa shape index (κ2) is 5.59. The lowest BCUT2D eigenvalue weighted by Crippen LogP contribution is -2.57. The zero-order valence-corrected chi connectivity index (χ0v) is 12.8. The molecule has 0 amide bonds. The van der Waals surface area contributed by atoms with Gasteiger partial charge in [0.1, 0.15) is 16.3 Å². The third-order valence-electron chi connectivity index (χ3n) is 3.99. The molecule has 0 spiro atoms. The highest BCUT2D eigenvalue weighted by Crippen LogP contribution is 2.29. The van der Waals surface area contributed by atoms with Gasteiger partial charge in [0.15, 0.2) is 0 Å². The molecule has 1 fully saturated rings. The number of benzene rings is 1. The Kier molecular flexibility index (Phi) is 3.86. The van der Waals surface area contributed by atoms with Crippen molar-refractivity contribution in [1.82, 2.24) is 9.71 Å². The van der Waals surface area contributed by atoms with Crippen LogP contribution in [0.4, 0.5) is 4.39 Å². The molecule has 3 N–H and O–H groups in total. The number of fused-ring (bicyclic) bond motifs is 1. The third-order valence-corrected chi connectivity index (χ3v) is 5.55. The summed E-state index contributed by atoms with van der Waals surface area (Å²) in [6, 6.07) is 4.14. The van der Waals surface area contributed by atoms with Gasteiger partial charge in [-0.25, -0.2) is 12.8 Å². The number of nitrogens with one attached hydrogen (secondary N) is 2. The van der Waals surface area contributed by atoms with Crippen LogP contribution in [-0.4, -0.2) is 43.2 Å². The fourth-order valence-electron chi connectivity index (χ4n) is 2.71. The van der Waals surface area contributed by atoms with E-state index in [2.05, 4.69) is 9.71 Å². The molecule has 124 valence electrons. The number of aliphatic carboxylic acids is 1. The van der Waals surface area contributed by atoms with Crippen LogP contribution < -0.4 is 4.72 Å². The van der Waals surface area contributed by atoms with Gasteiger partial charge in [0, 0.05) is 37.8 Å². The quantitative estimate of drug-likeness (QED) is 0.774. The number of aromatic amines is 1. The molecule has 23 heavy (non-hydrogen) atoms. The van der Waals surface area contributed by atoms with Gasteiger partial charge in [-0.3, -0.25) is 4.79 Å². The van der Waals surface area contributed by atoms with Gasteiger partial charge in [0.05, 0.1) is 5.39 Å². The zero-order chi connectivity index (χ0) is 16.7. The van der Waals surface area contributed by atoms with E-state index in [9.17, 15) is 22.7 Å². The minimum absolute atomic E-state index is 0.00635. The number of hydrogen-bond acceptors (Lipinski definition) is 4. The summed E-state index contributed by atoms with van der Waals surface area (Å²) in [6.07, 6.45) is 1.17. The Morgan fingerprint density at radius 1 is 1.35 bits per heavy atom. The fourth-order valence-corrected chi connectivity index (χ4v) is 4.32. The fraction of sp³-hybridized carbons (Fsp3) is 0.357. The molecule has 1 aromatic carbocycles. The number of H-pyrrole nitrogens is 1. The van der Waals surface area contributed by atoms with Crippen LogP contribution in [0.1, 0.15) is 12.8 Å². The van der Waals surface area contributed by atoms with Crippen LogP contribution in [0.3, 0.4) is 0 Å². The van der Waals surface area contributed by atoms with E-state index in [-0.39, 0.29) is 36.3 Å². The van der Waals surface area contributed by atoms with Crippen LogP contribution in [0.2, 0.25) is 0 Å². The molecule has 0 radical (unpaired) electrons. The van der Waals surface area contributed by atoms with Crippen LogP contribution in [0.15, 0.2) is 29.3 Å². The van der Waals surface area contributed by atoms with Gasteiger partial charge in [-0.05, 0) is 12.1 Å². The van der Waals surface area contributed by atoms with E-state index in [0.717, 1.165) is 12.3 Å². The van der Waals surface area contributed by atoms with Gasteiger partial charge < -0.3 is 14.8 Å². The van der Waals surface area contributed by atoms with Crippen molar-refractivity contribution in [1.29, 1.82) is 0 Å². The topological polar surface area (TPSA) is 108 Å². The van der Waals surface area contributed by atoms with Gasteiger partial charge >= 0.3 is 5.97 Å². The highest BCUT2D eigenvalue weighted by Gasteiger charge is 2.44. The van der Waals surface area contributed by atoms with E-state index in [0.29, 0.717) is 5.52 Å². The number of aromatic nitrogens is 1. The first-order valence-electron chi connectivity index (χ1n) is 6.96. The lowest BCUT2D eigenvalue weighted by Gasteiger charge is -2.33. The lowest BCUT2D eigenvalue weighted by atomic mass is 9.92.